The van der Waals surface area contributed by atoms with Crippen molar-refractivity contribution in [1.82, 2.24) is 9.78 Å². The van der Waals surface area contributed by atoms with Crippen LogP contribution in [0.3, 0.4) is 0 Å². The number of carbonyl (C=O) groups excluding carboxylic acids is 1. The van der Waals surface area contributed by atoms with Crippen molar-refractivity contribution in [3.8, 4) is 5.69 Å². The fourth-order valence-corrected chi connectivity index (χ4v) is 2.00. The van der Waals surface area contributed by atoms with E-state index in [9.17, 15) is 4.79 Å². The Kier molecular flexibility index (Phi) is 4.40. The lowest BCUT2D eigenvalue weighted by atomic mass is 10.1. The molecular formula is C15H19N3O2. The van der Waals surface area contributed by atoms with Crippen molar-refractivity contribution in [1.29, 1.82) is 0 Å². The van der Waals surface area contributed by atoms with E-state index in [0.717, 1.165) is 11.4 Å². The molecule has 1 atom stereocenters. The zero-order valence-corrected chi connectivity index (χ0v) is 11.7. The summed E-state index contributed by atoms with van der Waals surface area (Å²) in [5.41, 5.74) is 7.66. The van der Waals surface area contributed by atoms with Crippen LogP contribution in [0.1, 0.15) is 19.5 Å². The number of benzene rings is 1. The van der Waals surface area contributed by atoms with Crippen LogP contribution in [0.2, 0.25) is 0 Å². The van der Waals surface area contributed by atoms with Crippen LogP contribution in [0.25, 0.3) is 5.69 Å². The molecule has 2 aromatic rings. The molecule has 1 unspecified atom stereocenters. The summed E-state index contributed by atoms with van der Waals surface area (Å²) in [6, 6.07) is 11.5. The number of hydrogen-bond acceptors (Lipinski definition) is 4. The first-order chi connectivity index (χ1) is 9.61. The van der Waals surface area contributed by atoms with Gasteiger partial charge in [0.05, 0.1) is 23.9 Å². The van der Waals surface area contributed by atoms with Crippen LogP contribution in [-0.2, 0) is 16.0 Å². The van der Waals surface area contributed by atoms with E-state index in [-0.39, 0.29) is 11.9 Å². The van der Waals surface area contributed by atoms with Gasteiger partial charge in [0, 0.05) is 12.5 Å². The number of nitrogen functional groups attached to an aromatic ring is 1. The van der Waals surface area contributed by atoms with Crippen molar-refractivity contribution in [3.63, 3.8) is 0 Å². The number of anilines is 1. The number of rotatable bonds is 5. The molecule has 0 amide bonds. The maximum Gasteiger partial charge on any atom is 0.309 e. The van der Waals surface area contributed by atoms with Gasteiger partial charge < -0.3 is 10.5 Å². The van der Waals surface area contributed by atoms with Gasteiger partial charge in [0.2, 0.25) is 0 Å². The number of aromatic nitrogens is 2. The molecule has 20 heavy (non-hydrogen) atoms. The number of para-hydroxylation sites is 1. The Morgan fingerprint density at radius 3 is 2.75 bits per heavy atom. The second-order valence-electron chi connectivity index (χ2n) is 4.67. The fraction of sp³-hybridized carbons (Fsp3) is 0.333. The molecule has 0 radical (unpaired) electrons. The lowest BCUT2D eigenvalue weighted by Gasteiger charge is -2.08. The van der Waals surface area contributed by atoms with Crippen LogP contribution in [0.15, 0.2) is 36.4 Å². The maximum absolute atomic E-state index is 11.6. The van der Waals surface area contributed by atoms with Crippen molar-refractivity contribution >= 4 is 11.8 Å². The zero-order valence-electron chi connectivity index (χ0n) is 11.7. The van der Waals surface area contributed by atoms with Crippen LogP contribution < -0.4 is 5.73 Å². The van der Waals surface area contributed by atoms with Gasteiger partial charge in [-0.1, -0.05) is 25.1 Å². The minimum atomic E-state index is -0.228. The average Bonchev–Trinajstić information content (AvgIpc) is 2.80. The summed E-state index contributed by atoms with van der Waals surface area (Å²) in [6.45, 7) is 4.02. The molecule has 2 rings (SSSR count). The van der Waals surface area contributed by atoms with Gasteiger partial charge in [-0.3, -0.25) is 4.79 Å². The van der Waals surface area contributed by atoms with E-state index in [4.69, 9.17) is 10.5 Å². The topological polar surface area (TPSA) is 70.1 Å². The maximum atomic E-state index is 11.6. The lowest BCUT2D eigenvalue weighted by molar-refractivity contribution is -0.147. The highest BCUT2D eigenvalue weighted by Crippen LogP contribution is 2.17. The van der Waals surface area contributed by atoms with E-state index in [1.165, 1.54) is 0 Å². The van der Waals surface area contributed by atoms with E-state index < -0.39 is 0 Å². The van der Waals surface area contributed by atoms with Crippen molar-refractivity contribution < 1.29 is 9.53 Å². The fourth-order valence-electron chi connectivity index (χ4n) is 2.00. The number of nitrogens with zero attached hydrogens (tertiary/aromatic N) is 2. The molecule has 0 spiro atoms. The Labute approximate surface area is 118 Å². The summed E-state index contributed by atoms with van der Waals surface area (Å²) in [6.07, 6.45) is 0.517. The molecule has 0 saturated carbocycles. The molecule has 0 aliphatic heterocycles. The van der Waals surface area contributed by atoms with Gasteiger partial charge in [-0.15, -0.1) is 0 Å². The Hall–Kier alpha value is -2.30. The predicted molar refractivity (Wildman–Crippen MR) is 77.5 cm³/mol. The molecule has 1 heterocycles. The van der Waals surface area contributed by atoms with Crippen molar-refractivity contribution in [2.24, 2.45) is 5.92 Å². The van der Waals surface area contributed by atoms with Gasteiger partial charge in [-0.25, -0.2) is 4.68 Å². The molecule has 0 fully saturated rings. The third kappa shape index (κ3) is 3.17. The van der Waals surface area contributed by atoms with Crippen LogP contribution in [0, 0.1) is 5.92 Å². The SMILES string of the molecule is CCOC(=O)C(C)Cc1cc(N)n(-c2ccccc2)n1. The van der Waals surface area contributed by atoms with E-state index in [1.807, 2.05) is 37.3 Å². The second kappa shape index (κ2) is 6.23. The monoisotopic (exact) mass is 273 g/mol. The number of hydrogen-bond donors (Lipinski definition) is 1. The molecule has 106 valence electrons. The molecular weight excluding hydrogens is 254 g/mol. The Morgan fingerprint density at radius 2 is 2.10 bits per heavy atom. The molecule has 5 nitrogen and oxygen atoms in total. The third-order valence-corrected chi connectivity index (χ3v) is 2.99. The van der Waals surface area contributed by atoms with Crippen molar-refractivity contribution in [2.75, 3.05) is 12.3 Å². The summed E-state index contributed by atoms with van der Waals surface area (Å²) in [4.78, 5) is 11.6. The summed E-state index contributed by atoms with van der Waals surface area (Å²) in [7, 11) is 0. The molecule has 0 saturated heterocycles. The number of esters is 1. The first-order valence-electron chi connectivity index (χ1n) is 6.68. The summed E-state index contributed by atoms with van der Waals surface area (Å²) in [5.74, 6) is 0.121. The lowest BCUT2D eigenvalue weighted by Crippen LogP contribution is -2.17. The molecule has 0 aliphatic rings. The minimum Gasteiger partial charge on any atom is -0.466 e. The number of nitrogens with two attached hydrogens (primary N) is 1. The van der Waals surface area contributed by atoms with E-state index in [0.29, 0.717) is 18.8 Å². The normalized spacial score (nSPS) is 12.1. The Morgan fingerprint density at radius 1 is 1.40 bits per heavy atom. The average molecular weight is 273 g/mol. The van der Waals surface area contributed by atoms with Gasteiger partial charge in [0.25, 0.3) is 0 Å². The highest BCUT2D eigenvalue weighted by molar-refractivity contribution is 5.72. The summed E-state index contributed by atoms with van der Waals surface area (Å²) < 4.78 is 6.67. The Balaban J connectivity index is 2.14. The molecule has 1 aromatic carbocycles. The molecule has 5 heteroatoms. The van der Waals surface area contributed by atoms with Crippen LogP contribution in [0.5, 0.6) is 0 Å². The summed E-state index contributed by atoms with van der Waals surface area (Å²) >= 11 is 0. The first-order valence-corrected chi connectivity index (χ1v) is 6.68. The number of carbonyl (C=O) groups is 1. The Bertz CT molecular complexity index is 578. The zero-order chi connectivity index (χ0) is 14.5. The van der Waals surface area contributed by atoms with Crippen molar-refractivity contribution in [2.45, 2.75) is 20.3 Å². The highest BCUT2D eigenvalue weighted by Gasteiger charge is 2.17. The minimum absolute atomic E-state index is 0.208. The molecule has 1 aromatic heterocycles. The smallest absolute Gasteiger partial charge is 0.309 e. The van der Waals surface area contributed by atoms with Crippen LogP contribution in [0.4, 0.5) is 5.82 Å². The highest BCUT2D eigenvalue weighted by atomic mass is 16.5. The number of ether oxygens (including phenoxy) is 1. The van der Waals surface area contributed by atoms with Crippen LogP contribution >= 0.6 is 0 Å². The van der Waals surface area contributed by atoms with E-state index >= 15 is 0 Å². The van der Waals surface area contributed by atoms with Gasteiger partial charge in [0.15, 0.2) is 0 Å². The van der Waals surface area contributed by atoms with Gasteiger partial charge in [-0.2, -0.15) is 5.10 Å². The first kappa shape index (κ1) is 14.1. The quantitative estimate of drug-likeness (QED) is 0.848. The second-order valence-corrected chi connectivity index (χ2v) is 4.67. The van der Waals surface area contributed by atoms with Crippen molar-refractivity contribution in [3.05, 3.63) is 42.1 Å². The van der Waals surface area contributed by atoms with Gasteiger partial charge in [-0.05, 0) is 19.1 Å². The van der Waals surface area contributed by atoms with E-state index in [2.05, 4.69) is 5.10 Å². The predicted octanol–water partition coefficient (Wildman–Crippen LogP) is 2.20. The van der Waals surface area contributed by atoms with E-state index in [1.54, 1.807) is 17.7 Å². The molecule has 2 N–H and O–H groups in total. The van der Waals surface area contributed by atoms with Gasteiger partial charge >= 0.3 is 5.97 Å². The summed E-state index contributed by atoms with van der Waals surface area (Å²) in [5, 5.41) is 4.45. The standard InChI is InChI=1S/C15H19N3O2/c1-3-20-15(19)11(2)9-12-10-14(16)18(17-12)13-7-5-4-6-8-13/h4-8,10-11H,3,9,16H2,1-2H3. The molecule has 0 aliphatic carbocycles. The molecule has 0 bridgehead atoms. The largest absolute Gasteiger partial charge is 0.466 e. The van der Waals surface area contributed by atoms with Crippen LogP contribution in [-0.4, -0.2) is 22.4 Å². The third-order valence-electron chi connectivity index (χ3n) is 2.99. The van der Waals surface area contributed by atoms with Gasteiger partial charge in [0.1, 0.15) is 5.82 Å².